The largest absolute Gasteiger partial charge is 0.337 e. The van der Waals surface area contributed by atoms with Gasteiger partial charge in [0.2, 0.25) is 5.91 Å². The molecule has 1 aromatic carbocycles. The number of anilines is 1. The van der Waals surface area contributed by atoms with Gasteiger partial charge in [0, 0.05) is 44.3 Å². The van der Waals surface area contributed by atoms with Crippen molar-refractivity contribution in [2.75, 3.05) is 31.5 Å². The Morgan fingerprint density at radius 3 is 2.23 bits per heavy atom. The minimum atomic E-state index is -0.657. The van der Waals surface area contributed by atoms with Crippen molar-refractivity contribution in [3.8, 4) is 0 Å². The lowest BCUT2D eigenvalue weighted by atomic mass is 10.0. The van der Waals surface area contributed by atoms with E-state index in [1.54, 1.807) is 21.9 Å². The molecule has 2 N–H and O–H groups in total. The number of nitrogens with one attached hydrogen (secondary N) is 2. The number of piperazine rings is 1. The fourth-order valence-corrected chi connectivity index (χ4v) is 3.24. The molecular formula is C21H26N6O3. The van der Waals surface area contributed by atoms with Gasteiger partial charge in [-0.15, -0.1) is 0 Å². The van der Waals surface area contributed by atoms with Gasteiger partial charge >= 0.3 is 6.03 Å². The van der Waals surface area contributed by atoms with E-state index in [0.717, 1.165) is 0 Å². The molecule has 0 bridgehead atoms. The van der Waals surface area contributed by atoms with Crippen LogP contribution in [-0.2, 0) is 4.79 Å². The zero-order valence-electron chi connectivity index (χ0n) is 17.1. The number of rotatable bonds is 5. The van der Waals surface area contributed by atoms with E-state index < -0.39 is 12.1 Å². The fourth-order valence-electron chi connectivity index (χ4n) is 3.24. The second-order valence-corrected chi connectivity index (χ2v) is 7.39. The Labute approximate surface area is 175 Å². The standard InChI is InChI=1S/C21H26N6O3/c1-15(2)18(25-21(30)24-16-6-4-3-5-7-16)20(29)27-12-10-26(11-13-27)19(28)17-14-22-8-9-23-17/h3-9,14-15,18H,10-13H2,1-2H3,(H2,24,25,30). The third-order valence-electron chi connectivity index (χ3n) is 4.91. The van der Waals surface area contributed by atoms with Crippen molar-refractivity contribution in [3.63, 3.8) is 0 Å². The van der Waals surface area contributed by atoms with Gasteiger partial charge in [0.15, 0.2) is 0 Å². The van der Waals surface area contributed by atoms with Crippen molar-refractivity contribution in [1.29, 1.82) is 0 Å². The van der Waals surface area contributed by atoms with Crippen molar-refractivity contribution in [2.24, 2.45) is 5.92 Å². The molecule has 2 aromatic rings. The Morgan fingerprint density at radius 1 is 0.967 bits per heavy atom. The number of hydrogen-bond donors (Lipinski definition) is 2. The van der Waals surface area contributed by atoms with Crippen LogP contribution in [0.5, 0.6) is 0 Å². The lowest BCUT2D eigenvalue weighted by molar-refractivity contribution is -0.135. The molecule has 1 aromatic heterocycles. The van der Waals surface area contributed by atoms with E-state index in [2.05, 4.69) is 20.6 Å². The lowest BCUT2D eigenvalue weighted by Crippen LogP contribution is -2.57. The molecule has 1 fully saturated rings. The van der Waals surface area contributed by atoms with Gasteiger partial charge in [-0.3, -0.25) is 14.6 Å². The third kappa shape index (κ3) is 5.31. The second kappa shape index (κ2) is 9.82. The van der Waals surface area contributed by atoms with Crippen molar-refractivity contribution < 1.29 is 14.4 Å². The number of nitrogens with zero attached hydrogens (tertiary/aromatic N) is 4. The Balaban J connectivity index is 1.56. The van der Waals surface area contributed by atoms with E-state index in [0.29, 0.717) is 31.9 Å². The van der Waals surface area contributed by atoms with Gasteiger partial charge in [-0.05, 0) is 18.1 Å². The summed E-state index contributed by atoms with van der Waals surface area (Å²) in [5.41, 5.74) is 0.942. The Kier molecular flexibility index (Phi) is 6.95. The number of para-hydroxylation sites is 1. The molecule has 3 rings (SSSR count). The summed E-state index contributed by atoms with van der Waals surface area (Å²) in [6.45, 7) is 5.38. The van der Waals surface area contributed by atoms with Crippen molar-refractivity contribution in [1.82, 2.24) is 25.1 Å². The molecule has 2 heterocycles. The predicted octanol–water partition coefficient (Wildman–Crippen LogP) is 1.61. The normalized spacial score (nSPS) is 14.9. The molecule has 1 saturated heterocycles. The first-order valence-electron chi connectivity index (χ1n) is 9.92. The molecule has 0 spiro atoms. The maximum atomic E-state index is 13.0. The maximum Gasteiger partial charge on any atom is 0.319 e. The second-order valence-electron chi connectivity index (χ2n) is 7.39. The summed E-state index contributed by atoms with van der Waals surface area (Å²) in [6, 6.07) is 7.97. The van der Waals surface area contributed by atoms with E-state index in [1.165, 1.54) is 18.6 Å². The molecule has 4 amide bonds. The van der Waals surface area contributed by atoms with Crippen LogP contribution in [0.3, 0.4) is 0 Å². The molecule has 0 aliphatic carbocycles. The highest BCUT2D eigenvalue weighted by Gasteiger charge is 2.32. The average Bonchev–Trinajstić information content (AvgIpc) is 2.78. The van der Waals surface area contributed by atoms with E-state index in [1.807, 2.05) is 32.0 Å². The van der Waals surface area contributed by atoms with Crippen molar-refractivity contribution >= 4 is 23.5 Å². The van der Waals surface area contributed by atoms with Crippen LogP contribution in [0.2, 0.25) is 0 Å². The smallest absolute Gasteiger partial charge is 0.319 e. The summed E-state index contributed by atoms with van der Waals surface area (Å²) in [4.78, 5) is 49.2. The molecule has 1 atom stereocenters. The molecule has 1 aliphatic rings. The van der Waals surface area contributed by atoms with E-state index in [4.69, 9.17) is 0 Å². The highest BCUT2D eigenvalue weighted by molar-refractivity contribution is 5.94. The van der Waals surface area contributed by atoms with Crippen LogP contribution in [0.4, 0.5) is 10.5 Å². The molecule has 158 valence electrons. The van der Waals surface area contributed by atoms with Gasteiger partial charge in [0.25, 0.3) is 5.91 Å². The maximum absolute atomic E-state index is 13.0. The van der Waals surface area contributed by atoms with Crippen LogP contribution in [0.15, 0.2) is 48.9 Å². The predicted molar refractivity (Wildman–Crippen MR) is 112 cm³/mol. The minimum Gasteiger partial charge on any atom is -0.337 e. The number of benzene rings is 1. The Hall–Kier alpha value is -3.49. The number of carbonyl (C=O) groups excluding carboxylic acids is 3. The molecule has 9 heteroatoms. The number of amides is 4. The number of hydrogen-bond acceptors (Lipinski definition) is 5. The summed E-state index contributed by atoms with van der Waals surface area (Å²) in [5, 5.41) is 5.52. The Bertz CT molecular complexity index is 867. The van der Waals surface area contributed by atoms with Crippen molar-refractivity contribution in [2.45, 2.75) is 19.9 Å². The van der Waals surface area contributed by atoms with Gasteiger partial charge in [0.1, 0.15) is 11.7 Å². The van der Waals surface area contributed by atoms with Crippen LogP contribution in [-0.4, -0.2) is 69.8 Å². The van der Waals surface area contributed by atoms with Gasteiger partial charge in [-0.25, -0.2) is 9.78 Å². The van der Waals surface area contributed by atoms with Crippen LogP contribution in [0, 0.1) is 5.92 Å². The number of urea groups is 1. The summed E-state index contributed by atoms with van der Waals surface area (Å²) in [6.07, 6.45) is 4.43. The van der Waals surface area contributed by atoms with Gasteiger partial charge in [0.05, 0.1) is 6.20 Å². The Morgan fingerprint density at radius 2 is 1.63 bits per heavy atom. The summed E-state index contributed by atoms with van der Waals surface area (Å²) in [7, 11) is 0. The van der Waals surface area contributed by atoms with Crippen LogP contribution >= 0.6 is 0 Å². The van der Waals surface area contributed by atoms with Crippen LogP contribution in [0.1, 0.15) is 24.3 Å². The molecule has 1 unspecified atom stereocenters. The lowest BCUT2D eigenvalue weighted by Gasteiger charge is -2.37. The highest BCUT2D eigenvalue weighted by atomic mass is 16.2. The van der Waals surface area contributed by atoms with Gasteiger partial charge in [-0.1, -0.05) is 32.0 Å². The van der Waals surface area contributed by atoms with Crippen LogP contribution in [0.25, 0.3) is 0 Å². The number of carbonyl (C=O) groups is 3. The molecule has 0 radical (unpaired) electrons. The number of aromatic nitrogens is 2. The minimum absolute atomic E-state index is 0.0849. The molecule has 9 nitrogen and oxygen atoms in total. The third-order valence-corrected chi connectivity index (χ3v) is 4.91. The van der Waals surface area contributed by atoms with E-state index in [9.17, 15) is 14.4 Å². The van der Waals surface area contributed by atoms with E-state index in [-0.39, 0.29) is 23.4 Å². The monoisotopic (exact) mass is 410 g/mol. The summed E-state index contributed by atoms with van der Waals surface area (Å²) in [5.74, 6) is -0.436. The summed E-state index contributed by atoms with van der Waals surface area (Å²) < 4.78 is 0. The van der Waals surface area contributed by atoms with Gasteiger partial charge < -0.3 is 20.4 Å². The quantitative estimate of drug-likeness (QED) is 0.779. The zero-order chi connectivity index (χ0) is 21.5. The van der Waals surface area contributed by atoms with Crippen LogP contribution < -0.4 is 10.6 Å². The topological polar surface area (TPSA) is 108 Å². The zero-order valence-corrected chi connectivity index (χ0v) is 17.1. The highest BCUT2D eigenvalue weighted by Crippen LogP contribution is 2.12. The first-order valence-corrected chi connectivity index (χ1v) is 9.92. The molecular weight excluding hydrogens is 384 g/mol. The molecule has 0 saturated carbocycles. The first kappa shape index (κ1) is 21.2. The molecule has 30 heavy (non-hydrogen) atoms. The summed E-state index contributed by atoms with van der Waals surface area (Å²) >= 11 is 0. The van der Waals surface area contributed by atoms with Crippen molar-refractivity contribution in [3.05, 3.63) is 54.6 Å². The average molecular weight is 410 g/mol. The molecule has 1 aliphatic heterocycles. The van der Waals surface area contributed by atoms with Gasteiger partial charge in [-0.2, -0.15) is 0 Å². The fraction of sp³-hybridized carbons (Fsp3) is 0.381. The SMILES string of the molecule is CC(C)C(NC(=O)Nc1ccccc1)C(=O)N1CCN(C(=O)c2cnccn2)CC1. The van der Waals surface area contributed by atoms with E-state index >= 15 is 0 Å². The first-order chi connectivity index (χ1) is 14.5.